The van der Waals surface area contributed by atoms with E-state index in [0.29, 0.717) is 12.8 Å². The Morgan fingerprint density at radius 3 is 2.69 bits per heavy atom. The standard InChI is InChI=1S/C20H26N2O4/c1-4-22-13-11-15-14-8-5-6-9-16(14)21-18(15)20(22,19(24)26-3)12-7-10-17(23)25-2/h5-6,8-9,21H,4,7,10-13H2,1-3H3. The SMILES string of the molecule is CCN1CCc2c([nH]c3ccccc23)C1(CCCC(=O)OC)C(=O)OC. The van der Waals surface area contributed by atoms with Crippen molar-refractivity contribution >= 4 is 22.8 Å². The Hall–Kier alpha value is -2.34. The number of ether oxygens (including phenoxy) is 2. The molecule has 1 atom stereocenters. The molecule has 6 nitrogen and oxygen atoms in total. The van der Waals surface area contributed by atoms with Gasteiger partial charge in [-0.05, 0) is 37.4 Å². The molecule has 0 amide bonds. The van der Waals surface area contributed by atoms with Gasteiger partial charge in [-0.2, -0.15) is 0 Å². The van der Waals surface area contributed by atoms with Crippen LogP contribution >= 0.6 is 0 Å². The second kappa shape index (κ2) is 7.50. The number of nitrogens with one attached hydrogen (secondary N) is 1. The number of aromatic nitrogens is 1. The molecule has 0 radical (unpaired) electrons. The summed E-state index contributed by atoms with van der Waals surface area (Å²) in [7, 11) is 2.81. The molecule has 1 aromatic heterocycles. The molecule has 1 aliphatic heterocycles. The van der Waals surface area contributed by atoms with Gasteiger partial charge in [0.25, 0.3) is 0 Å². The highest BCUT2D eigenvalue weighted by atomic mass is 16.5. The van der Waals surface area contributed by atoms with E-state index >= 15 is 0 Å². The highest BCUT2D eigenvalue weighted by molar-refractivity contribution is 5.90. The van der Waals surface area contributed by atoms with Crippen molar-refractivity contribution in [3.05, 3.63) is 35.5 Å². The number of aromatic amines is 1. The number of fused-ring (bicyclic) bond motifs is 3. The highest BCUT2D eigenvalue weighted by Gasteiger charge is 2.50. The smallest absolute Gasteiger partial charge is 0.332 e. The zero-order valence-electron chi connectivity index (χ0n) is 15.6. The number of H-pyrrole nitrogens is 1. The van der Waals surface area contributed by atoms with Crippen LogP contribution in [0.4, 0.5) is 0 Å². The summed E-state index contributed by atoms with van der Waals surface area (Å²) in [4.78, 5) is 30.3. The molecule has 2 aromatic rings. The Bertz CT molecular complexity index is 813. The fourth-order valence-electron chi connectivity index (χ4n) is 4.21. The fraction of sp³-hybridized carbons (Fsp3) is 0.500. The first-order valence-electron chi connectivity index (χ1n) is 9.08. The van der Waals surface area contributed by atoms with Gasteiger partial charge >= 0.3 is 11.9 Å². The molecular formula is C20H26N2O4. The number of likely N-dealkylation sites (N-methyl/N-ethyl adjacent to an activating group) is 1. The maximum absolute atomic E-state index is 13.0. The lowest BCUT2D eigenvalue weighted by Crippen LogP contribution is -2.56. The Kier molecular flexibility index (Phi) is 5.32. The number of para-hydroxylation sites is 1. The van der Waals surface area contributed by atoms with Gasteiger partial charge in [-0.3, -0.25) is 9.69 Å². The van der Waals surface area contributed by atoms with E-state index in [1.165, 1.54) is 19.8 Å². The van der Waals surface area contributed by atoms with Crippen LogP contribution in [0.15, 0.2) is 24.3 Å². The van der Waals surface area contributed by atoms with Gasteiger partial charge in [0.2, 0.25) is 0 Å². The van der Waals surface area contributed by atoms with E-state index in [9.17, 15) is 9.59 Å². The number of hydrogen-bond donors (Lipinski definition) is 1. The quantitative estimate of drug-likeness (QED) is 0.804. The van der Waals surface area contributed by atoms with Crippen LogP contribution in [0.1, 0.15) is 37.4 Å². The number of benzene rings is 1. The maximum Gasteiger partial charge on any atom is 0.332 e. The lowest BCUT2D eigenvalue weighted by atomic mass is 9.80. The number of carbonyl (C=O) groups is 2. The van der Waals surface area contributed by atoms with Crippen molar-refractivity contribution < 1.29 is 19.1 Å². The third-order valence-corrected chi connectivity index (χ3v) is 5.45. The lowest BCUT2D eigenvalue weighted by molar-refractivity contribution is -0.159. The molecule has 26 heavy (non-hydrogen) atoms. The molecule has 0 saturated heterocycles. The summed E-state index contributed by atoms with van der Waals surface area (Å²) in [5.41, 5.74) is 2.21. The fourth-order valence-corrected chi connectivity index (χ4v) is 4.21. The summed E-state index contributed by atoms with van der Waals surface area (Å²) in [6, 6.07) is 8.11. The van der Waals surface area contributed by atoms with Gasteiger partial charge < -0.3 is 14.5 Å². The molecule has 0 saturated carbocycles. The van der Waals surface area contributed by atoms with Crippen LogP contribution in [-0.4, -0.2) is 49.1 Å². The van der Waals surface area contributed by atoms with Crippen molar-refractivity contribution in [1.29, 1.82) is 0 Å². The van der Waals surface area contributed by atoms with Crippen LogP contribution in [0.3, 0.4) is 0 Å². The topological polar surface area (TPSA) is 71.6 Å². The first-order valence-corrected chi connectivity index (χ1v) is 9.08. The summed E-state index contributed by atoms with van der Waals surface area (Å²) >= 11 is 0. The minimum absolute atomic E-state index is 0.263. The molecule has 1 N–H and O–H groups in total. The average molecular weight is 358 g/mol. The second-order valence-electron chi connectivity index (χ2n) is 6.64. The number of hydrogen-bond acceptors (Lipinski definition) is 5. The number of rotatable bonds is 6. The predicted molar refractivity (Wildman–Crippen MR) is 98.8 cm³/mol. The van der Waals surface area contributed by atoms with Crippen molar-refractivity contribution in [3.63, 3.8) is 0 Å². The highest BCUT2D eigenvalue weighted by Crippen LogP contribution is 2.42. The van der Waals surface area contributed by atoms with Gasteiger partial charge in [0.05, 0.1) is 19.9 Å². The van der Waals surface area contributed by atoms with Crippen molar-refractivity contribution in [3.8, 4) is 0 Å². The Labute approximate surface area is 153 Å². The first-order chi connectivity index (χ1) is 12.6. The molecule has 0 spiro atoms. The van der Waals surface area contributed by atoms with Crippen LogP contribution < -0.4 is 0 Å². The van der Waals surface area contributed by atoms with Crippen LogP contribution in [0.2, 0.25) is 0 Å². The third-order valence-electron chi connectivity index (χ3n) is 5.45. The van der Waals surface area contributed by atoms with E-state index in [1.54, 1.807) is 0 Å². The van der Waals surface area contributed by atoms with E-state index < -0.39 is 5.54 Å². The van der Waals surface area contributed by atoms with Gasteiger partial charge in [0.1, 0.15) is 0 Å². The van der Waals surface area contributed by atoms with E-state index in [4.69, 9.17) is 9.47 Å². The molecule has 2 heterocycles. The van der Waals surface area contributed by atoms with Crippen molar-refractivity contribution in [1.82, 2.24) is 9.88 Å². The van der Waals surface area contributed by atoms with Crippen LogP contribution in [0, 0.1) is 0 Å². The molecule has 1 aliphatic rings. The normalized spacial score (nSPS) is 20.0. The molecule has 0 bridgehead atoms. The zero-order chi connectivity index (χ0) is 18.7. The van der Waals surface area contributed by atoms with Gasteiger partial charge in [-0.25, -0.2) is 4.79 Å². The molecule has 140 valence electrons. The number of nitrogens with zero attached hydrogens (tertiary/aromatic N) is 1. The number of carbonyl (C=O) groups excluding carboxylic acids is 2. The molecule has 1 unspecified atom stereocenters. The molecular weight excluding hydrogens is 332 g/mol. The first kappa shape index (κ1) is 18.5. The minimum Gasteiger partial charge on any atom is -0.469 e. The molecule has 6 heteroatoms. The van der Waals surface area contributed by atoms with Crippen LogP contribution in [0.5, 0.6) is 0 Å². The Balaban J connectivity index is 2.10. The van der Waals surface area contributed by atoms with E-state index in [1.807, 2.05) is 25.1 Å². The molecule has 3 rings (SSSR count). The van der Waals surface area contributed by atoms with Gasteiger partial charge in [0, 0.05) is 23.9 Å². The van der Waals surface area contributed by atoms with E-state index in [0.717, 1.165) is 36.1 Å². The zero-order valence-corrected chi connectivity index (χ0v) is 15.6. The summed E-state index contributed by atoms with van der Waals surface area (Å²) in [5.74, 6) is -0.544. The van der Waals surface area contributed by atoms with Gasteiger partial charge in [-0.1, -0.05) is 25.1 Å². The minimum atomic E-state index is -0.899. The van der Waals surface area contributed by atoms with Crippen LogP contribution in [0.25, 0.3) is 10.9 Å². The summed E-state index contributed by atoms with van der Waals surface area (Å²) in [6.45, 7) is 3.55. The Morgan fingerprint density at radius 1 is 1.23 bits per heavy atom. The number of esters is 2. The third kappa shape index (κ3) is 2.88. The second-order valence-corrected chi connectivity index (χ2v) is 6.64. The van der Waals surface area contributed by atoms with E-state index in [2.05, 4.69) is 16.0 Å². The summed E-state index contributed by atoms with van der Waals surface area (Å²) in [5, 5.41) is 1.15. The molecule has 0 fully saturated rings. The Morgan fingerprint density at radius 2 is 2.00 bits per heavy atom. The largest absolute Gasteiger partial charge is 0.469 e. The number of methoxy groups -OCH3 is 2. The summed E-state index contributed by atoms with van der Waals surface area (Å²) in [6.07, 6.45) is 2.21. The van der Waals surface area contributed by atoms with Gasteiger partial charge in [-0.15, -0.1) is 0 Å². The molecule has 0 aliphatic carbocycles. The lowest BCUT2D eigenvalue weighted by Gasteiger charge is -2.44. The average Bonchev–Trinajstić information content (AvgIpc) is 3.06. The van der Waals surface area contributed by atoms with Crippen molar-refractivity contribution in [2.24, 2.45) is 0 Å². The monoisotopic (exact) mass is 358 g/mol. The van der Waals surface area contributed by atoms with Crippen molar-refractivity contribution in [2.45, 2.75) is 38.1 Å². The van der Waals surface area contributed by atoms with E-state index in [-0.39, 0.29) is 18.4 Å². The molecule has 1 aromatic carbocycles. The van der Waals surface area contributed by atoms with Crippen LogP contribution in [-0.2, 0) is 31.0 Å². The summed E-state index contributed by atoms with van der Waals surface area (Å²) < 4.78 is 10.00. The van der Waals surface area contributed by atoms with Crippen molar-refractivity contribution in [2.75, 3.05) is 27.3 Å². The maximum atomic E-state index is 13.0. The van der Waals surface area contributed by atoms with Gasteiger partial charge in [0.15, 0.2) is 5.54 Å². The predicted octanol–water partition coefficient (Wildman–Crippen LogP) is 2.76.